The summed E-state index contributed by atoms with van der Waals surface area (Å²) in [7, 11) is 0. The van der Waals surface area contributed by atoms with Crippen molar-refractivity contribution in [2.75, 3.05) is 11.9 Å². The summed E-state index contributed by atoms with van der Waals surface area (Å²) in [5.41, 5.74) is 1.09. The van der Waals surface area contributed by atoms with Gasteiger partial charge in [-0.05, 0) is 39.8 Å². The first-order valence-electron chi connectivity index (χ1n) is 6.77. The number of aromatic nitrogens is 3. The highest BCUT2D eigenvalue weighted by Gasteiger charge is 2.15. The second kappa shape index (κ2) is 6.05. The molecule has 1 heterocycles. The van der Waals surface area contributed by atoms with Gasteiger partial charge in [-0.15, -0.1) is 0 Å². The Morgan fingerprint density at radius 2 is 2.05 bits per heavy atom. The molecule has 0 saturated carbocycles. The molecule has 6 nitrogen and oxygen atoms in total. The molecular formula is C15H20N4O2. The number of para-hydroxylation sites is 1. The lowest BCUT2D eigenvalue weighted by atomic mass is 10.1. The third-order valence-electron chi connectivity index (χ3n) is 2.68. The van der Waals surface area contributed by atoms with Gasteiger partial charge in [0.1, 0.15) is 12.4 Å². The fourth-order valence-corrected chi connectivity index (χ4v) is 1.72. The topological polar surface area (TPSA) is 79.9 Å². The summed E-state index contributed by atoms with van der Waals surface area (Å²) in [5.74, 6) is 1.08. The van der Waals surface area contributed by atoms with Crippen LogP contribution in [-0.4, -0.2) is 33.3 Å². The lowest BCUT2D eigenvalue weighted by molar-refractivity contribution is -0.125. The van der Waals surface area contributed by atoms with Gasteiger partial charge in [-0.3, -0.25) is 9.89 Å². The number of benzene rings is 1. The average Bonchev–Trinajstić information content (AvgIpc) is 2.83. The molecule has 1 amide bonds. The van der Waals surface area contributed by atoms with Crippen LogP contribution in [0.5, 0.6) is 0 Å². The van der Waals surface area contributed by atoms with Crippen LogP contribution in [-0.2, 0) is 9.53 Å². The molecule has 0 aliphatic rings. The number of carbonyl (C=O) groups excluding carboxylic acids is 1. The van der Waals surface area contributed by atoms with Gasteiger partial charge in [-0.1, -0.05) is 12.1 Å². The van der Waals surface area contributed by atoms with E-state index in [1.54, 1.807) is 0 Å². The molecule has 0 saturated heterocycles. The van der Waals surface area contributed by atoms with Crippen molar-refractivity contribution in [1.82, 2.24) is 15.2 Å². The van der Waals surface area contributed by atoms with E-state index in [0.29, 0.717) is 11.5 Å². The first-order chi connectivity index (χ1) is 9.85. The summed E-state index contributed by atoms with van der Waals surface area (Å²) >= 11 is 0. The first kappa shape index (κ1) is 15.2. The van der Waals surface area contributed by atoms with Crippen LogP contribution in [0, 0.1) is 6.92 Å². The molecule has 6 heteroatoms. The summed E-state index contributed by atoms with van der Waals surface area (Å²) < 4.78 is 5.46. The van der Waals surface area contributed by atoms with Crippen molar-refractivity contribution in [3.05, 3.63) is 30.1 Å². The quantitative estimate of drug-likeness (QED) is 0.906. The minimum atomic E-state index is -0.349. The maximum Gasteiger partial charge on any atom is 0.250 e. The standard InChI is InChI=1S/C15H20N4O2/c1-10-16-14(19-18-10)11-7-5-6-8-12(11)17-13(20)9-21-15(2,3)4/h5-8H,9H2,1-4H3,(H,17,20)(H,16,18,19). The molecule has 2 rings (SSSR count). The summed E-state index contributed by atoms with van der Waals surface area (Å²) in [6, 6.07) is 7.41. The number of H-pyrrole nitrogens is 1. The number of nitrogens with zero attached hydrogens (tertiary/aromatic N) is 2. The summed E-state index contributed by atoms with van der Waals surface area (Å²) in [4.78, 5) is 16.2. The van der Waals surface area contributed by atoms with Crippen LogP contribution >= 0.6 is 0 Å². The highest BCUT2D eigenvalue weighted by molar-refractivity contribution is 5.95. The third-order valence-corrected chi connectivity index (χ3v) is 2.68. The van der Waals surface area contributed by atoms with E-state index in [2.05, 4.69) is 20.5 Å². The Kier molecular flexibility index (Phi) is 4.37. The Morgan fingerprint density at radius 3 is 2.67 bits per heavy atom. The number of anilines is 1. The molecule has 1 aromatic carbocycles. The fraction of sp³-hybridized carbons (Fsp3) is 0.400. The molecule has 112 valence electrons. The van der Waals surface area contributed by atoms with E-state index >= 15 is 0 Å². The maximum atomic E-state index is 12.0. The Balaban J connectivity index is 2.12. The monoisotopic (exact) mass is 288 g/mol. The van der Waals surface area contributed by atoms with Crippen LogP contribution in [0.1, 0.15) is 26.6 Å². The second-order valence-electron chi connectivity index (χ2n) is 5.74. The second-order valence-corrected chi connectivity index (χ2v) is 5.74. The number of amides is 1. The molecule has 0 aliphatic carbocycles. The predicted molar refractivity (Wildman–Crippen MR) is 80.9 cm³/mol. The Hall–Kier alpha value is -2.21. The van der Waals surface area contributed by atoms with Crippen molar-refractivity contribution in [2.24, 2.45) is 0 Å². The summed E-state index contributed by atoms with van der Waals surface area (Å²) in [6.07, 6.45) is 0. The minimum Gasteiger partial charge on any atom is -0.366 e. The molecule has 2 aromatic rings. The average molecular weight is 288 g/mol. The highest BCUT2D eigenvalue weighted by Crippen LogP contribution is 2.24. The van der Waals surface area contributed by atoms with Gasteiger partial charge >= 0.3 is 0 Å². The molecule has 0 unspecified atom stereocenters. The van der Waals surface area contributed by atoms with Crippen molar-refractivity contribution in [2.45, 2.75) is 33.3 Å². The van der Waals surface area contributed by atoms with Gasteiger partial charge in [-0.2, -0.15) is 5.10 Å². The minimum absolute atomic E-state index is 0.00482. The molecule has 0 spiro atoms. The van der Waals surface area contributed by atoms with E-state index in [0.717, 1.165) is 11.4 Å². The number of aromatic amines is 1. The van der Waals surface area contributed by atoms with Crippen LogP contribution in [0.15, 0.2) is 24.3 Å². The molecule has 0 bridgehead atoms. The van der Waals surface area contributed by atoms with Gasteiger partial charge in [0.2, 0.25) is 5.91 Å². The predicted octanol–water partition coefficient (Wildman–Crippen LogP) is 2.53. The van der Waals surface area contributed by atoms with E-state index in [4.69, 9.17) is 4.74 Å². The number of nitrogens with one attached hydrogen (secondary N) is 2. The number of carbonyl (C=O) groups is 1. The zero-order valence-electron chi connectivity index (χ0n) is 12.7. The van der Waals surface area contributed by atoms with E-state index in [1.165, 1.54) is 0 Å². The summed E-state index contributed by atoms with van der Waals surface area (Å²) in [6.45, 7) is 7.56. The number of ether oxygens (including phenoxy) is 1. The van der Waals surface area contributed by atoms with E-state index in [9.17, 15) is 4.79 Å². The lowest BCUT2D eigenvalue weighted by Gasteiger charge is -2.19. The maximum absolute atomic E-state index is 12.0. The smallest absolute Gasteiger partial charge is 0.250 e. The third kappa shape index (κ3) is 4.39. The van der Waals surface area contributed by atoms with Crippen molar-refractivity contribution in [3.8, 4) is 11.4 Å². The van der Waals surface area contributed by atoms with E-state index in [-0.39, 0.29) is 18.1 Å². The first-order valence-corrected chi connectivity index (χ1v) is 6.77. The van der Waals surface area contributed by atoms with Crippen LogP contribution in [0.4, 0.5) is 5.69 Å². The SMILES string of the molecule is Cc1nc(-c2ccccc2NC(=O)COC(C)(C)C)n[nH]1. The van der Waals surface area contributed by atoms with Crippen LogP contribution in [0.3, 0.4) is 0 Å². The van der Waals surface area contributed by atoms with Crippen LogP contribution in [0.25, 0.3) is 11.4 Å². The number of aryl methyl sites for hydroxylation is 1. The number of rotatable bonds is 4. The van der Waals surface area contributed by atoms with Gasteiger partial charge in [0, 0.05) is 5.56 Å². The summed E-state index contributed by atoms with van der Waals surface area (Å²) in [5, 5.41) is 9.75. The molecule has 0 atom stereocenters. The van der Waals surface area contributed by atoms with E-state index < -0.39 is 0 Å². The van der Waals surface area contributed by atoms with Crippen molar-refractivity contribution < 1.29 is 9.53 Å². The molecule has 1 aromatic heterocycles. The van der Waals surface area contributed by atoms with Crippen molar-refractivity contribution >= 4 is 11.6 Å². The molecule has 0 radical (unpaired) electrons. The zero-order valence-corrected chi connectivity index (χ0v) is 12.7. The molecule has 2 N–H and O–H groups in total. The number of hydrogen-bond acceptors (Lipinski definition) is 4. The Bertz CT molecular complexity index is 629. The highest BCUT2D eigenvalue weighted by atomic mass is 16.5. The Labute approximate surface area is 123 Å². The van der Waals surface area contributed by atoms with Gasteiger partial charge < -0.3 is 10.1 Å². The van der Waals surface area contributed by atoms with Crippen molar-refractivity contribution in [3.63, 3.8) is 0 Å². The van der Waals surface area contributed by atoms with Crippen LogP contribution in [0.2, 0.25) is 0 Å². The lowest BCUT2D eigenvalue weighted by Crippen LogP contribution is -2.27. The van der Waals surface area contributed by atoms with Gasteiger partial charge in [0.25, 0.3) is 0 Å². The van der Waals surface area contributed by atoms with E-state index in [1.807, 2.05) is 52.0 Å². The van der Waals surface area contributed by atoms with Crippen molar-refractivity contribution in [1.29, 1.82) is 0 Å². The normalized spacial score (nSPS) is 11.4. The fourth-order valence-electron chi connectivity index (χ4n) is 1.72. The van der Waals surface area contributed by atoms with Gasteiger partial charge in [-0.25, -0.2) is 4.98 Å². The largest absolute Gasteiger partial charge is 0.366 e. The van der Waals surface area contributed by atoms with Crippen LogP contribution < -0.4 is 5.32 Å². The molecule has 0 fully saturated rings. The number of hydrogen-bond donors (Lipinski definition) is 2. The molecular weight excluding hydrogens is 268 g/mol. The zero-order chi connectivity index (χ0) is 15.5. The molecule has 0 aliphatic heterocycles. The van der Waals surface area contributed by atoms with Gasteiger partial charge in [0.05, 0.1) is 11.3 Å². The molecule has 21 heavy (non-hydrogen) atoms. The Morgan fingerprint density at radius 1 is 1.33 bits per heavy atom. The van der Waals surface area contributed by atoms with Gasteiger partial charge in [0.15, 0.2) is 5.82 Å².